The van der Waals surface area contributed by atoms with E-state index in [1.807, 2.05) is 54.6 Å². The molecule has 0 radical (unpaired) electrons. The number of benzene rings is 3. The number of methoxy groups -OCH3 is 1. The lowest BCUT2D eigenvalue weighted by Crippen LogP contribution is -2.15. The molecule has 0 aliphatic heterocycles. The summed E-state index contributed by atoms with van der Waals surface area (Å²) in [6.45, 7) is 0. The summed E-state index contributed by atoms with van der Waals surface area (Å²) in [6.07, 6.45) is 0.336. The van der Waals surface area contributed by atoms with Crippen molar-refractivity contribution in [1.29, 1.82) is 0 Å². The molecule has 3 aromatic rings. The first-order valence-corrected chi connectivity index (χ1v) is 8.78. The Kier molecular flexibility index (Phi) is 5.92. The van der Waals surface area contributed by atoms with E-state index in [1.165, 1.54) is 0 Å². The molecule has 0 aromatic heterocycles. The number of carbonyl (C=O) groups excluding carboxylic acids is 1. The van der Waals surface area contributed by atoms with Gasteiger partial charge in [0.05, 0.1) is 13.2 Å². The Morgan fingerprint density at radius 3 is 2.23 bits per heavy atom. The summed E-state index contributed by atoms with van der Waals surface area (Å²) < 4.78 is 5.23. The van der Waals surface area contributed by atoms with Gasteiger partial charge in [-0.05, 0) is 54.1 Å². The second kappa shape index (κ2) is 8.54. The molecule has 4 heteroatoms. The largest absolute Gasteiger partial charge is 0.497 e. The maximum absolute atomic E-state index is 12.7. The standard InChI is InChI=1S/C22H20ClNO2/c1-26-20-13-9-16(10-14-20)21(24-19-5-3-2-4-6-19)15-22(25)17-7-11-18(23)12-8-17/h2-14,21,24H,15H2,1H3. The number of carbonyl (C=O) groups is 1. The van der Waals surface area contributed by atoms with Crippen LogP contribution in [0.3, 0.4) is 0 Å². The second-order valence-electron chi connectivity index (χ2n) is 5.97. The van der Waals surface area contributed by atoms with E-state index in [0.717, 1.165) is 17.0 Å². The van der Waals surface area contributed by atoms with Crippen LogP contribution in [0.1, 0.15) is 28.4 Å². The number of rotatable bonds is 7. The van der Waals surface area contributed by atoms with Gasteiger partial charge in [0, 0.05) is 22.7 Å². The molecule has 0 heterocycles. The van der Waals surface area contributed by atoms with Crippen molar-refractivity contribution in [3.8, 4) is 5.75 Å². The van der Waals surface area contributed by atoms with Crippen molar-refractivity contribution in [1.82, 2.24) is 0 Å². The molecular formula is C22H20ClNO2. The summed E-state index contributed by atoms with van der Waals surface area (Å²) in [5.41, 5.74) is 2.65. The molecule has 0 aliphatic rings. The van der Waals surface area contributed by atoms with Crippen molar-refractivity contribution in [3.05, 3.63) is 95.0 Å². The third-order valence-corrected chi connectivity index (χ3v) is 4.44. The number of halogens is 1. The van der Waals surface area contributed by atoms with Crippen LogP contribution >= 0.6 is 11.6 Å². The fourth-order valence-corrected chi connectivity index (χ4v) is 2.89. The van der Waals surface area contributed by atoms with Gasteiger partial charge in [0.2, 0.25) is 0 Å². The van der Waals surface area contributed by atoms with Gasteiger partial charge in [-0.15, -0.1) is 0 Å². The average Bonchev–Trinajstić information content (AvgIpc) is 2.69. The van der Waals surface area contributed by atoms with Crippen LogP contribution < -0.4 is 10.1 Å². The van der Waals surface area contributed by atoms with Gasteiger partial charge in [0.1, 0.15) is 5.75 Å². The molecule has 0 spiro atoms. The van der Waals surface area contributed by atoms with Crippen LogP contribution in [0.2, 0.25) is 5.02 Å². The van der Waals surface area contributed by atoms with E-state index in [1.54, 1.807) is 31.4 Å². The van der Waals surface area contributed by atoms with Gasteiger partial charge in [0.15, 0.2) is 5.78 Å². The molecule has 0 bridgehead atoms. The van der Waals surface area contributed by atoms with E-state index >= 15 is 0 Å². The highest BCUT2D eigenvalue weighted by atomic mass is 35.5. The number of hydrogen-bond acceptors (Lipinski definition) is 3. The molecular weight excluding hydrogens is 346 g/mol. The second-order valence-corrected chi connectivity index (χ2v) is 6.41. The Morgan fingerprint density at radius 2 is 1.62 bits per heavy atom. The Hall–Kier alpha value is -2.78. The number of Topliss-reactive ketones (excluding diaryl/α,β-unsaturated/α-hetero) is 1. The van der Waals surface area contributed by atoms with Gasteiger partial charge in [-0.1, -0.05) is 41.9 Å². The first-order valence-electron chi connectivity index (χ1n) is 8.40. The third-order valence-electron chi connectivity index (χ3n) is 4.19. The van der Waals surface area contributed by atoms with E-state index in [4.69, 9.17) is 16.3 Å². The number of ether oxygens (including phenoxy) is 1. The number of anilines is 1. The highest BCUT2D eigenvalue weighted by Gasteiger charge is 2.17. The highest BCUT2D eigenvalue weighted by Crippen LogP contribution is 2.26. The van der Waals surface area contributed by atoms with E-state index in [9.17, 15) is 4.79 Å². The lowest BCUT2D eigenvalue weighted by Gasteiger charge is -2.20. The molecule has 0 aliphatic carbocycles. The van der Waals surface area contributed by atoms with Gasteiger partial charge in [0.25, 0.3) is 0 Å². The quantitative estimate of drug-likeness (QED) is 0.540. The van der Waals surface area contributed by atoms with Gasteiger partial charge < -0.3 is 10.1 Å². The van der Waals surface area contributed by atoms with Crippen LogP contribution in [0.5, 0.6) is 5.75 Å². The summed E-state index contributed by atoms with van der Waals surface area (Å²) in [5, 5.41) is 4.08. The van der Waals surface area contributed by atoms with Crippen molar-refractivity contribution in [2.45, 2.75) is 12.5 Å². The molecule has 0 fully saturated rings. The fraction of sp³-hybridized carbons (Fsp3) is 0.136. The summed E-state index contributed by atoms with van der Waals surface area (Å²) in [5.74, 6) is 0.849. The van der Waals surface area contributed by atoms with E-state index in [0.29, 0.717) is 17.0 Å². The molecule has 0 saturated heterocycles. The Balaban J connectivity index is 1.83. The smallest absolute Gasteiger partial charge is 0.165 e. The average molecular weight is 366 g/mol. The van der Waals surface area contributed by atoms with Crippen LogP contribution in [0.4, 0.5) is 5.69 Å². The first-order chi connectivity index (χ1) is 12.7. The highest BCUT2D eigenvalue weighted by molar-refractivity contribution is 6.30. The number of ketones is 1. The first kappa shape index (κ1) is 18.0. The monoisotopic (exact) mass is 365 g/mol. The van der Waals surface area contributed by atoms with Crippen molar-refractivity contribution in [2.24, 2.45) is 0 Å². The predicted molar refractivity (Wildman–Crippen MR) is 106 cm³/mol. The summed E-state index contributed by atoms with van der Waals surface area (Å²) in [6, 6.07) is 24.5. The summed E-state index contributed by atoms with van der Waals surface area (Å²) in [4.78, 5) is 12.7. The topological polar surface area (TPSA) is 38.3 Å². The molecule has 26 heavy (non-hydrogen) atoms. The summed E-state index contributed by atoms with van der Waals surface area (Å²) >= 11 is 5.92. The van der Waals surface area contributed by atoms with Gasteiger partial charge in [-0.2, -0.15) is 0 Å². The number of hydrogen-bond donors (Lipinski definition) is 1. The molecule has 132 valence electrons. The van der Waals surface area contributed by atoms with Crippen molar-refractivity contribution < 1.29 is 9.53 Å². The van der Waals surface area contributed by atoms with Crippen LogP contribution in [-0.4, -0.2) is 12.9 Å². The Morgan fingerprint density at radius 1 is 0.962 bits per heavy atom. The van der Waals surface area contributed by atoms with Crippen LogP contribution in [0.25, 0.3) is 0 Å². The van der Waals surface area contributed by atoms with E-state index in [-0.39, 0.29) is 11.8 Å². The molecule has 3 rings (SSSR count). The van der Waals surface area contributed by atoms with Gasteiger partial charge >= 0.3 is 0 Å². The van der Waals surface area contributed by atoms with Crippen LogP contribution in [0.15, 0.2) is 78.9 Å². The lowest BCUT2D eigenvalue weighted by molar-refractivity contribution is 0.0976. The van der Waals surface area contributed by atoms with E-state index < -0.39 is 0 Å². The normalized spacial score (nSPS) is 11.6. The van der Waals surface area contributed by atoms with Crippen LogP contribution in [0, 0.1) is 0 Å². The fourth-order valence-electron chi connectivity index (χ4n) is 2.76. The predicted octanol–water partition coefficient (Wildman–Crippen LogP) is 5.77. The van der Waals surface area contributed by atoms with Crippen molar-refractivity contribution in [3.63, 3.8) is 0 Å². The van der Waals surface area contributed by atoms with Crippen molar-refractivity contribution in [2.75, 3.05) is 12.4 Å². The van der Waals surface area contributed by atoms with E-state index in [2.05, 4.69) is 5.32 Å². The molecule has 1 atom stereocenters. The lowest BCUT2D eigenvalue weighted by atomic mass is 9.97. The molecule has 0 saturated carbocycles. The van der Waals surface area contributed by atoms with Crippen molar-refractivity contribution >= 4 is 23.1 Å². The minimum absolute atomic E-state index is 0.0610. The Labute approximate surface area is 158 Å². The zero-order chi connectivity index (χ0) is 18.4. The number of para-hydroxylation sites is 1. The maximum atomic E-state index is 12.7. The number of nitrogens with one attached hydrogen (secondary N) is 1. The molecule has 0 amide bonds. The SMILES string of the molecule is COc1ccc(C(CC(=O)c2ccc(Cl)cc2)Nc2ccccc2)cc1. The minimum Gasteiger partial charge on any atom is -0.497 e. The summed E-state index contributed by atoms with van der Waals surface area (Å²) in [7, 11) is 1.64. The molecule has 1 N–H and O–H groups in total. The minimum atomic E-state index is -0.147. The maximum Gasteiger partial charge on any atom is 0.165 e. The Bertz CT molecular complexity index is 846. The van der Waals surface area contributed by atoms with Gasteiger partial charge in [-0.25, -0.2) is 0 Å². The van der Waals surface area contributed by atoms with Gasteiger partial charge in [-0.3, -0.25) is 4.79 Å². The molecule has 1 unspecified atom stereocenters. The zero-order valence-electron chi connectivity index (χ0n) is 14.5. The third kappa shape index (κ3) is 4.64. The van der Waals surface area contributed by atoms with Crippen LogP contribution in [-0.2, 0) is 0 Å². The zero-order valence-corrected chi connectivity index (χ0v) is 15.2. The molecule has 3 aromatic carbocycles. The molecule has 3 nitrogen and oxygen atoms in total.